The number of fused-ring (bicyclic) bond motifs is 1. The molecule has 1 aliphatic heterocycles. The molecular formula is C23H25F3N4O4S2. The van der Waals surface area contributed by atoms with Crippen LogP contribution in [0.1, 0.15) is 30.7 Å². The second kappa shape index (κ2) is 9.60. The van der Waals surface area contributed by atoms with E-state index in [1.165, 1.54) is 4.31 Å². The van der Waals surface area contributed by atoms with Gasteiger partial charge in [-0.05, 0) is 49.4 Å². The molecule has 3 aromatic rings. The largest absolute Gasteiger partial charge is 0.416 e. The lowest BCUT2D eigenvalue weighted by molar-refractivity contribution is -0.137. The van der Waals surface area contributed by atoms with E-state index in [2.05, 4.69) is 10.3 Å². The van der Waals surface area contributed by atoms with Crippen LogP contribution in [0.5, 0.6) is 0 Å². The van der Waals surface area contributed by atoms with Crippen LogP contribution in [0.25, 0.3) is 10.2 Å². The van der Waals surface area contributed by atoms with E-state index in [0.29, 0.717) is 18.0 Å². The van der Waals surface area contributed by atoms with Gasteiger partial charge in [0.2, 0.25) is 15.9 Å². The van der Waals surface area contributed by atoms with Crippen LogP contribution in [0.4, 0.5) is 18.9 Å². The van der Waals surface area contributed by atoms with Crippen molar-refractivity contribution < 1.29 is 26.4 Å². The Morgan fingerprint density at radius 2 is 1.78 bits per heavy atom. The quantitative estimate of drug-likeness (QED) is 0.524. The number of carbonyl (C=O) groups excluding carboxylic acids is 1. The lowest BCUT2D eigenvalue weighted by atomic mass is 9.94. The molecule has 8 nitrogen and oxygen atoms in total. The summed E-state index contributed by atoms with van der Waals surface area (Å²) in [5.74, 6) is -0.317. The van der Waals surface area contributed by atoms with Crippen LogP contribution < -0.4 is 10.9 Å². The van der Waals surface area contributed by atoms with Gasteiger partial charge in [0.05, 0.1) is 17.3 Å². The summed E-state index contributed by atoms with van der Waals surface area (Å²) in [6, 6.07) is 3.89. The Kier molecular flexibility index (Phi) is 7.01. The predicted octanol–water partition coefficient (Wildman–Crippen LogP) is 4.09. The van der Waals surface area contributed by atoms with Crippen molar-refractivity contribution in [1.29, 1.82) is 0 Å². The second-order valence-electron chi connectivity index (χ2n) is 9.24. The molecule has 0 radical (unpaired) electrons. The van der Waals surface area contributed by atoms with Crippen molar-refractivity contribution in [2.24, 2.45) is 11.8 Å². The topological polar surface area (TPSA) is 101 Å². The first-order chi connectivity index (χ1) is 16.8. The number of aromatic nitrogens is 2. The SMILES string of the molecule is Cc1sc2ncn(CC(=O)Nc3ccc(C(F)(F)F)cc3)c(=O)c2c1S(=O)(=O)N1C[C@H](C)C[C@@H](C)C1. The molecule has 2 aromatic heterocycles. The highest BCUT2D eigenvalue weighted by Gasteiger charge is 2.36. The number of sulfonamides is 1. The average Bonchev–Trinajstić information content (AvgIpc) is 3.12. The van der Waals surface area contributed by atoms with Gasteiger partial charge in [-0.3, -0.25) is 14.2 Å². The van der Waals surface area contributed by atoms with E-state index in [4.69, 9.17) is 0 Å². The predicted molar refractivity (Wildman–Crippen MR) is 130 cm³/mol. The van der Waals surface area contributed by atoms with Crippen LogP contribution in [-0.2, 0) is 27.5 Å². The van der Waals surface area contributed by atoms with Crippen LogP contribution in [0.2, 0.25) is 0 Å². The molecule has 13 heteroatoms. The number of halogens is 3. The number of hydrogen-bond acceptors (Lipinski definition) is 6. The molecule has 1 saturated heterocycles. The monoisotopic (exact) mass is 542 g/mol. The zero-order valence-corrected chi connectivity index (χ0v) is 21.4. The van der Waals surface area contributed by atoms with E-state index in [0.717, 1.165) is 52.9 Å². The average molecular weight is 543 g/mol. The second-order valence-corrected chi connectivity index (χ2v) is 12.3. The van der Waals surface area contributed by atoms with E-state index < -0.39 is 39.8 Å². The standard InChI is InChI=1S/C23H25F3N4O4S2/c1-13-8-14(2)10-30(9-13)36(33,34)20-15(3)35-21-19(20)22(32)29(12-27-21)11-18(31)28-17-6-4-16(5-7-17)23(24,25)26/h4-7,12-14H,8-11H2,1-3H3,(H,28,31)/t13-,14-/m1/s1. The number of alkyl halides is 3. The fourth-order valence-corrected chi connectivity index (χ4v) is 7.91. The Bertz CT molecular complexity index is 1450. The fraction of sp³-hybridized carbons (Fsp3) is 0.435. The van der Waals surface area contributed by atoms with Crippen molar-refractivity contribution in [3.05, 3.63) is 51.4 Å². The van der Waals surface area contributed by atoms with Gasteiger partial charge >= 0.3 is 6.18 Å². The highest BCUT2D eigenvalue weighted by Crippen LogP contribution is 2.35. The third kappa shape index (κ3) is 5.18. The number of piperidine rings is 1. The molecule has 1 amide bonds. The fourth-order valence-electron chi connectivity index (χ4n) is 4.57. The maximum absolute atomic E-state index is 13.6. The summed E-state index contributed by atoms with van der Waals surface area (Å²) in [6.07, 6.45) is -2.43. The zero-order valence-electron chi connectivity index (χ0n) is 19.8. The van der Waals surface area contributed by atoms with Crippen molar-refractivity contribution in [3.8, 4) is 0 Å². The van der Waals surface area contributed by atoms with Crippen LogP contribution in [0.3, 0.4) is 0 Å². The van der Waals surface area contributed by atoms with Crippen LogP contribution in [0.15, 0.2) is 40.3 Å². The van der Waals surface area contributed by atoms with Gasteiger partial charge in [0.15, 0.2) is 0 Å². The third-order valence-electron chi connectivity index (χ3n) is 6.04. The highest BCUT2D eigenvalue weighted by molar-refractivity contribution is 7.89. The molecule has 0 spiro atoms. The number of thiophene rings is 1. The number of carbonyl (C=O) groups is 1. The van der Waals surface area contributed by atoms with Gasteiger partial charge < -0.3 is 5.32 Å². The lowest BCUT2D eigenvalue weighted by Gasteiger charge is -2.34. The van der Waals surface area contributed by atoms with Gasteiger partial charge in [-0.2, -0.15) is 17.5 Å². The number of hydrogen-bond donors (Lipinski definition) is 1. The van der Waals surface area contributed by atoms with Crippen LogP contribution in [0, 0.1) is 18.8 Å². The first-order valence-corrected chi connectivity index (χ1v) is 13.5. The van der Waals surface area contributed by atoms with Crippen molar-refractivity contribution in [3.63, 3.8) is 0 Å². The summed E-state index contributed by atoms with van der Waals surface area (Å²) in [4.78, 5) is 30.6. The van der Waals surface area contributed by atoms with E-state index in [1.54, 1.807) is 6.92 Å². The molecule has 1 aliphatic rings. The maximum Gasteiger partial charge on any atom is 0.416 e. The summed E-state index contributed by atoms with van der Waals surface area (Å²) in [6.45, 7) is 5.81. The number of nitrogens with one attached hydrogen (secondary N) is 1. The summed E-state index contributed by atoms with van der Waals surface area (Å²) < 4.78 is 67.8. The lowest BCUT2D eigenvalue weighted by Crippen LogP contribution is -2.42. The molecule has 194 valence electrons. The minimum absolute atomic E-state index is 0.0618. The van der Waals surface area contributed by atoms with E-state index in [1.807, 2.05) is 13.8 Å². The first-order valence-electron chi connectivity index (χ1n) is 11.2. The van der Waals surface area contributed by atoms with Gasteiger partial charge in [-0.1, -0.05) is 13.8 Å². The minimum Gasteiger partial charge on any atom is -0.325 e. The molecule has 2 atom stereocenters. The number of anilines is 1. The number of benzene rings is 1. The van der Waals surface area contributed by atoms with Gasteiger partial charge in [-0.25, -0.2) is 13.4 Å². The molecule has 1 aromatic carbocycles. The van der Waals surface area contributed by atoms with Gasteiger partial charge in [0.1, 0.15) is 16.3 Å². The zero-order chi connectivity index (χ0) is 26.4. The summed E-state index contributed by atoms with van der Waals surface area (Å²) in [5.41, 5.74) is -1.41. The molecule has 0 bridgehead atoms. The third-order valence-corrected chi connectivity index (χ3v) is 9.19. The Morgan fingerprint density at radius 1 is 1.17 bits per heavy atom. The van der Waals surface area contributed by atoms with E-state index in [9.17, 15) is 31.2 Å². The smallest absolute Gasteiger partial charge is 0.325 e. The number of nitrogens with zero attached hydrogens (tertiary/aromatic N) is 3. The van der Waals surface area contributed by atoms with Crippen molar-refractivity contribution in [2.75, 3.05) is 18.4 Å². The van der Waals surface area contributed by atoms with Crippen LogP contribution in [-0.4, -0.2) is 41.3 Å². The van der Waals surface area contributed by atoms with Crippen molar-refractivity contribution in [2.45, 2.75) is 44.8 Å². The Balaban J connectivity index is 1.63. The van der Waals surface area contributed by atoms with Gasteiger partial charge in [-0.15, -0.1) is 11.3 Å². The van der Waals surface area contributed by atoms with Gasteiger partial charge in [0, 0.05) is 23.7 Å². The van der Waals surface area contributed by atoms with Gasteiger partial charge in [0.25, 0.3) is 5.56 Å². The molecular weight excluding hydrogens is 517 g/mol. The minimum atomic E-state index is -4.50. The summed E-state index contributed by atoms with van der Waals surface area (Å²) in [5, 5.41) is 2.38. The molecule has 1 fully saturated rings. The van der Waals surface area contributed by atoms with E-state index >= 15 is 0 Å². The van der Waals surface area contributed by atoms with Crippen molar-refractivity contribution in [1.82, 2.24) is 13.9 Å². The highest BCUT2D eigenvalue weighted by atomic mass is 32.2. The first kappa shape index (κ1) is 26.3. The Morgan fingerprint density at radius 3 is 2.36 bits per heavy atom. The summed E-state index contributed by atoms with van der Waals surface area (Å²) >= 11 is 1.10. The molecule has 0 saturated carbocycles. The summed E-state index contributed by atoms with van der Waals surface area (Å²) in [7, 11) is -3.98. The molecule has 3 heterocycles. The molecule has 36 heavy (non-hydrogen) atoms. The Labute approximate surface area is 209 Å². The number of aryl methyl sites for hydroxylation is 1. The van der Waals surface area contributed by atoms with Crippen molar-refractivity contribution >= 4 is 43.2 Å². The number of amides is 1. The van der Waals surface area contributed by atoms with E-state index in [-0.39, 0.29) is 32.6 Å². The molecule has 0 unspecified atom stereocenters. The Hall–Kier alpha value is -2.77. The molecule has 4 rings (SSSR count). The number of rotatable bonds is 5. The molecule has 1 N–H and O–H groups in total. The molecule has 0 aliphatic carbocycles. The van der Waals surface area contributed by atoms with Crippen LogP contribution >= 0.6 is 11.3 Å². The maximum atomic E-state index is 13.6. The normalized spacial score (nSPS) is 19.5.